The molecule has 1 N–H and O–H groups in total. The van der Waals surface area contributed by atoms with Crippen molar-refractivity contribution in [3.8, 4) is 0 Å². The number of hydrogen-bond acceptors (Lipinski definition) is 9. The van der Waals surface area contributed by atoms with E-state index in [-0.39, 0.29) is 30.6 Å². The average molecular weight is 476 g/mol. The highest BCUT2D eigenvalue weighted by molar-refractivity contribution is 8.23. The molecule has 1 heterocycles. The zero-order chi connectivity index (χ0) is 22.9. The molecule has 1 rings (SSSR count). The van der Waals surface area contributed by atoms with Crippen molar-refractivity contribution in [2.75, 3.05) is 19.8 Å². The number of amides is 1. The molecule has 8 nitrogen and oxygen atoms in total. The largest absolute Gasteiger partial charge is 0.519 e. The van der Waals surface area contributed by atoms with Gasteiger partial charge in [-0.2, -0.15) is 13.2 Å². The molecule has 0 aliphatic rings. The second-order valence-corrected chi connectivity index (χ2v) is 7.58. The number of ether oxygens (including phenoxy) is 3. The minimum Gasteiger partial charge on any atom is -0.479 e. The van der Waals surface area contributed by atoms with Crippen molar-refractivity contribution in [2.24, 2.45) is 0 Å². The Balaban J connectivity index is 3.32. The summed E-state index contributed by atoms with van der Waals surface area (Å²) in [5.41, 5.74) is 0. The van der Waals surface area contributed by atoms with Crippen LogP contribution >= 0.6 is 24.0 Å². The lowest BCUT2D eigenvalue weighted by atomic mass is 10.1. The molecule has 2 unspecified atom stereocenters. The molecule has 2 atom stereocenters. The van der Waals surface area contributed by atoms with Gasteiger partial charge in [-0.3, -0.25) is 4.79 Å². The number of alkyl halides is 3. The number of carbonyl (C=O) groups excluding carboxylic acids is 1. The van der Waals surface area contributed by atoms with Crippen LogP contribution in [0.3, 0.4) is 0 Å². The van der Waals surface area contributed by atoms with E-state index in [0.29, 0.717) is 0 Å². The monoisotopic (exact) mass is 475 g/mol. The molecule has 0 bridgehead atoms. The maximum Gasteiger partial charge on any atom is 0.519 e. The van der Waals surface area contributed by atoms with Gasteiger partial charge in [0, 0.05) is 26.6 Å². The molecule has 0 aliphatic heterocycles. The Kier molecular flexibility index (Phi) is 10.9. The van der Waals surface area contributed by atoms with Crippen LogP contribution in [0.2, 0.25) is 0 Å². The molecule has 13 heteroatoms. The van der Waals surface area contributed by atoms with Gasteiger partial charge in [0.05, 0.1) is 11.9 Å². The van der Waals surface area contributed by atoms with Crippen molar-refractivity contribution < 1.29 is 41.0 Å². The summed E-state index contributed by atoms with van der Waals surface area (Å²) in [6, 6.07) is -2.56. The summed E-state index contributed by atoms with van der Waals surface area (Å²) in [4.78, 5) is 22.9. The van der Waals surface area contributed by atoms with Crippen molar-refractivity contribution in [1.82, 2.24) is 5.32 Å². The molecule has 1 amide bonds. The fourth-order valence-corrected chi connectivity index (χ4v) is 3.85. The van der Waals surface area contributed by atoms with Crippen LogP contribution in [-0.4, -0.2) is 47.8 Å². The van der Waals surface area contributed by atoms with Gasteiger partial charge in [0.25, 0.3) is 0 Å². The van der Waals surface area contributed by atoms with Gasteiger partial charge in [-0.25, -0.2) is 4.79 Å². The Bertz CT molecular complexity index is 744. The topological polar surface area (TPSA) is 100 Å². The first-order chi connectivity index (χ1) is 14.0. The Hall–Kier alpha value is -1.57. The molecule has 0 aromatic carbocycles. The van der Waals surface area contributed by atoms with Crippen LogP contribution in [0.15, 0.2) is 13.6 Å². The van der Waals surface area contributed by atoms with Gasteiger partial charge in [0.2, 0.25) is 10.3 Å². The van der Waals surface area contributed by atoms with E-state index in [4.69, 9.17) is 30.8 Å². The van der Waals surface area contributed by atoms with Crippen molar-refractivity contribution in [2.45, 2.75) is 57.9 Å². The number of rotatable bonds is 11. The molecule has 30 heavy (non-hydrogen) atoms. The highest BCUT2D eigenvalue weighted by Crippen LogP contribution is 2.36. The third-order valence-corrected chi connectivity index (χ3v) is 4.88. The average Bonchev–Trinajstić information content (AvgIpc) is 2.98. The van der Waals surface area contributed by atoms with Gasteiger partial charge in [-0.1, -0.05) is 11.8 Å². The predicted molar refractivity (Wildman–Crippen MR) is 106 cm³/mol. The summed E-state index contributed by atoms with van der Waals surface area (Å²) < 4.78 is 66.4. The number of halogens is 3. The van der Waals surface area contributed by atoms with Crippen LogP contribution in [0.1, 0.15) is 45.3 Å². The second kappa shape index (κ2) is 12.3. The van der Waals surface area contributed by atoms with Gasteiger partial charge < -0.3 is 28.4 Å². The van der Waals surface area contributed by atoms with Crippen molar-refractivity contribution in [3.63, 3.8) is 0 Å². The standard InChI is InChI=1S/C17H24F3NO7S2/c1-5-24-14(25-6-2)11(30-16(29)26-7-3)8-10-12(28-15(23)27-10)13(17(18,19)20)21-9(4)22/h11,13-14H,5-8H2,1-4H3,(H,21,22). The number of carbonyl (C=O) groups is 1. The van der Waals surface area contributed by atoms with Gasteiger partial charge in [-0.05, 0) is 33.0 Å². The first kappa shape index (κ1) is 26.5. The van der Waals surface area contributed by atoms with Gasteiger partial charge in [0.1, 0.15) is 0 Å². The summed E-state index contributed by atoms with van der Waals surface area (Å²) in [6.45, 7) is 6.86. The highest BCUT2D eigenvalue weighted by atomic mass is 32.2. The van der Waals surface area contributed by atoms with E-state index in [1.165, 1.54) is 0 Å². The van der Waals surface area contributed by atoms with E-state index in [2.05, 4.69) is 4.42 Å². The van der Waals surface area contributed by atoms with Crippen LogP contribution in [0.5, 0.6) is 0 Å². The lowest BCUT2D eigenvalue weighted by molar-refractivity contribution is -0.166. The van der Waals surface area contributed by atoms with Crippen LogP contribution in [0.25, 0.3) is 0 Å². The fourth-order valence-electron chi connectivity index (χ4n) is 2.42. The van der Waals surface area contributed by atoms with Gasteiger partial charge in [-0.15, -0.1) is 0 Å². The maximum absolute atomic E-state index is 13.5. The molecular formula is C17H24F3NO7S2. The van der Waals surface area contributed by atoms with Crippen molar-refractivity contribution in [1.29, 1.82) is 0 Å². The Morgan fingerprint density at radius 3 is 2.23 bits per heavy atom. The van der Waals surface area contributed by atoms with Gasteiger partial charge in [0.15, 0.2) is 23.9 Å². The summed E-state index contributed by atoms with van der Waals surface area (Å²) in [5, 5.41) is 1.00. The minimum absolute atomic E-state index is 0.119. The summed E-state index contributed by atoms with van der Waals surface area (Å²) in [7, 11) is 0. The van der Waals surface area contributed by atoms with E-state index in [9.17, 15) is 22.8 Å². The van der Waals surface area contributed by atoms with Crippen LogP contribution in [0, 0.1) is 0 Å². The minimum atomic E-state index is -4.93. The molecule has 0 aliphatic carbocycles. The molecule has 0 fully saturated rings. The number of hydrogen-bond donors (Lipinski definition) is 1. The number of nitrogens with one attached hydrogen (secondary N) is 1. The summed E-state index contributed by atoms with van der Waals surface area (Å²) >= 11 is 6.11. The van der Waals surface area contributed by atoms with E-state index < -0.39 is 47.0 Å². The van der Waals surface area contributed by atoms with Crippen LogP contribution in [-0.2, 0) is 25.4 Å². The lowest BCUT2D eigenvalue weighted by Crippen LogP contribution is -2.38. The molecule has 0 saturated carbocycles. The van der Waals surface area contributed by atoms with Crippen molar-refractivity contribution in [3.05, 3.63) is 22.1 Å². The Morgan fingerprint density at radius 1 is 1.17 bits per heavy atom. The third kappa shape index (κ3) is 8.28. The third-order valence-electron chi connectivity index (χ3n) is 3.47. The number of thiocarbonyl (C=S) groups is 1. The highest BCUT2D eigenvalue weighted by Gasteiger charge is 2.46. The summed E-state index contributed by atoms with van der Waals surface area (Å²) in [5.74, 6) is -3.54. The Labute approximate surface area is 180 Å². The predicted octanol–water partition coefficient (Wildman–Crippen LogP) is 3.34. The quantitative estimate of drug-likeness (QED) is 0.381. The lowest BCUT2D eigenvalue weighted by Gasteiger charge is -2.26. The fraction of sp³-hybridized carbons (Fsp3) is 0.706. The first-order valence-corrected chi connectivity index (χ1v) is 10.3. The molecule has 1 aromatic rings. The second-order valence-electron chi connectivity index (χ2n) is 5.74. The zero-order valence-corrected chi connectivity index (χ0v) is 18.5. The van der Waals surface area contributed by atoms with E-state index in [1.54, 1.807) is 26.1 Å². The zero-order valence-electron chi connectivity index (χ0n) is 16.9. The summed E-state index contributed by atoms with van der Waals surface area (Å²) in [6.07, 6.45) is -6.08. The first-order valence-electron chi connectivity index (χ1n) is 9.06. The molecule has 1 aromatic heterocycles. The SMILES string of the molecule is CCOC(=S)SC(Cc1oc(=O)oc1C(NC(C)=O)C(F)(F)F)C(OCC)OCC. The van der Waals surface area contributed by atoms with Gasteiger partial charge >= 0.3 is 12.0 Å². The van der Waals surface area contributed by atoms with E-state index in [0.717, 1.165) is 18.7 Å². The molecule has 172 valence electrons. The molecule has 0 saturated heterocycles. The Morgan fingerprint density at radius 2 is 1.77 bits per heavy atom. The van der Waals surface area contributed by atoms with Crippen LogP contribution < -0.4 is 11.1 Å². The smallest absolute Gasteiger partial charge is 0.479 e. The molecular weight excluding hydrogens is 451 g/mol. The maximum atomic E-state index is 13.5. The molecule has 0 radical (unpaired) electrons. The number of thioether (sulfide) groups is 1. The molecule has 0 spiro atoms. The normalized spacial score (nSPS) is 13.9. The van der Waals surface area contributed by atoms with Crippen molar-refractivity contribution >= 4 is 34.3 Å². The van der Waals surface area contributed by atoms with E-state index >= 15 is 0 Å². The van der Waals surface area contributed by atoms with Crippen LogP contribution in [0.4, 0.5) is 13.2 Å². The van der Waals surface area contributed by atoms with E-state index in [1.807, 2.05) is 0 Å².